The van der Waals surface area contributed by atoms with Crippen molar-refractivity contribution in [1.29, 1.82) is 0 Å². The summed E-state index contributed by atoms with van der Waals surface area (Å²) < 4.78 is 0. The second-order valence-corrected chi connectivity index (χ2v) is 5.61. The van der Waals surface area contributed by atoms with Crippen molar-refractivity contribution in [2.75, 3.05) is 0 Å². The Morgan fingerprint density at radius 3 is 1.50 bits per heavy atom. The second kappa shape index (κ2) is 8.47. The summed E-state index contributed by atoms with van der Waals surface area (Å²) in [4.78, 5) is 32.8. The van der Waals surface area contributed by atoms with E-state index in [4.69, 9.17) is 20.0 Å². The van der Waals surface area contributed by atoms with Crippen LogP contribution in [-0.4, -0.2) is 81.3 Å². The Bertz CT molecular complexity index is 607. The topological polar surface area (TPSA) is 93.1 Å². The minimum absolute atomic E-state index is 0. The van der Waals surface area contributed by atoms with Crippen molar-refractivity contribution >= 4 is 71.1 Å². The first-order valence-corrected chi connectivity index (χ1v) is 7.08. The van der Waals surface area contributed by atoms with Gasteiger partial charge >= 0.3 is 11.9 Å². The molecule has 3 aliphatic rings. The molecule has 2 bridgehead atoms. The van der Waals surface area contributed by atoms with Crippen molar-refractivity contribution in [3.8, 4) is 0 Å². The molecule has 2 aliphatic heterocycles. The number of carbonyl (C=O) groups is 2. The predicted molar refractivity (Wildman–Crippen MR) is 86.4 cm³/mol. The summed E-state index contributed by atoms with van der Waals surface area (Å²) in [6.07, 6.45) is 4.00. The molecule has 0 saturated carbocycles. The summed E-state index contributed by atoms with van der Waals surface area (Å²) in [5.74, 6) is -1.81. The van der Waals surface area contributed by atoms with Crippen molar-refractivity contribution in [3.05, 3.63) is 47.5 Å². The van der Waals surface area contributed by atoms with Gasteiger partial charge in [0.25, 0.3) is 0 Å². The molecule has 1 aromatic carbocycles. The Morgan fingerprint density at radius 2 is 1.21 bits per heavy atom. The van der Waals surface area contributed by atoms with Crippen molar-refractivity contribution in [1.82, 2.24) is 0 Å². The van der Waals surface area contributed by atoms with Gasteiger partial charge in [-0.15, -0.1) is 0 Å². The summed E-state index contributed by atoms with van der Waals surface area (Å²) in [6, 6.07) is 7.45. The van der Waals surface area contributed by atoms with Gasteiger partial charge < -0.3 is 10.2 Å². The minimum Gasteiger partial charge on any atom is -0.481 e. The Balaban J connectivity index is 0.00000144. The maximum atomic E-state index is 10.9. The molecule has 2 heterocycles. The number of hydrogen-bond donors (Lipinski definition) is 2. The third-order valence-corrected chi connectivity index (χ3v) is 4.22. The molecule has 118 valence electrons. The average molecular weight is 350 g/mol. The molecule has 0 spiro atoms. The molecule has 0 fully saturated rings. The number of rotatable bonds is 6. The van der Waals surface area contributed by atoms with E-state index in [1.54, 1.807) is 12.2 Å². The quantitative estimate of drug-likeness (QED) is 0.460. The van der Waals surface area contributed by atoms with Crippen molar-refractivity contribution in [2.45, 2.75) is 36.9 Å². The fourth-order valence-electron chi connectivity index (χ4n) is 3.07. The average Bonchev–Trinajstić information content (AvgIpc) is 2.53. The van der Waals surface area contributed by atoms with Crippen LogP contribution in [0.5, 0.6) is 0 Å². The first-order valence-electron chi connectivity index (χ1n) is 7.08. The zero-order chi connectivity index (χ0) is 15.8. The molecule has 2 radical (unpaired) electrons. The van der Waals surface area contributed by atoms with E-state index in [1.807, 2.05) is 24.3 Å². The van der Waals surface area contributed by atoms with Gasteiger partial charge in [-0.2, -0.15) is 0 Å². The number of hydrogen-bond acceptors (Lipinski definition) is 4. The largest absolute Gasteiger partial charge is 0.481 e. The maximum absolute atomic E-state index is 10.9. The molecule has 4 rings (SSSR count). The van der Waals surface area contributed by atoms with Crippen LogP contribution in [0.25, 0.3) is 0 Å². The summed E-state index contributed by atoms with van der Waals surface area (Å²) in [6.45, 7) is 0. The molecule has 2 atom stereocenters. The Kier molecular flexibility index (Phi) is 7.71. The number of benzene rings is 1. The Hall–Kier alpha value is -0.180. The van der Waals surface area contributed by atoms with Crippen LogP contribution in [0.3, 0.4) is 0 Å². The maximum Gasteiger partial charge on any atom is 0.303 e. The van der Waals surface area contributed by atoms with Gasteiger partial charge in [0.2, 0.25) is 0 Å². The molecule has 1 aliphatic carbocycles. The van der Waals surface area contributed by atoms with Gasteiger partial charge in [0.1, 0.15) is 11.2 Å². The van der Waals surface area contributed by atoms with Crippen molar-refractivity contribution < 1.29 is 29.6 Å². The Morgan fingerprint density at radius 1 is 0.833 bits per heavy atom. The number of fused-ring (bicyclic) bond motifs is 1. The molecule has 0 unspecified atom stereocenters. The van der Waals surface area contributed by atoms with Gasteiger partial charge in [0.15, 0.2) is 0 Å². The van der Waals surface area contributed by atoms with Crippen LogP contribution in [-0.2, 0) is 30.6 Å². The van der Waals surface area contributed by atoms with Crippen LogP contribution >= 0.6 is 0 Å². The third-order valence-electron chi connectivity index (χ3n) is 4.22. The van der Waals surface area contributed by atoms with Gasteiger partial charge in [0, 0.05) is 72.0 Å². The van der Waals surface area contributed by atoms with Gasteiger partial charge in [0.05, 0.1) is 0 Å². The van der Waals surface area contributed by atoms with E-state index in [0.717, 1.165) is 11.1 Å². The predicted octanol–water partition coefficient (Wildman–Crippen LogP) is 1.58. The SMILES string of the molecule is O=C(O)CC[C@@]12C=C[C@@](CCC(=O)O)(OO1)c1ccccc12.[Na].[Na]. The summed E-state index contributed by atoms with van der Waals surface area (Å²) in [5.41, 5.74) is -0.148. The van der Waals surface area contributed by atoms with E-state index in [9.17, 15) is 9.59 Å². The zero-order valence-corrected chi connectivity index (χ0v) is 17.8. The smallest absolute Gasteiger partial charge is 0.303 e. The minimum atomic E-state index is -0.917. The standard InChI is InChI=1S/C16H16O6.2Na/c17-13(18)5-7-15-9-10-16(22-21-15,8-6-14(19)20)12-4-2-1-3-11(12)15;;/h1-4,9-10H,5-8H2,(H,17,18)(H,19,20);;/t15-,16+;;. The van der Waals surface area contributed by atoms with E-state index in [2.05, 4.69) is 0 Å². The van der Waals surface area contributed by atoms with Gasteiger partial charge in [-0.3, -0.25) is 9.59 Å². The first kappa shape index (κ1) is 21.9. The van der Waals surface area contributed by atoms with E-state index in [1.165, 1.54) is 0 Å². The molecular formula is C16H16Na2O6. The Labute approximate surface area is 183 Å². The van der Waals surface area contributed by atoms with Crippen molar-refractivity contribution in [3.63, 3.8) is 0 Å². The number of carboxylic acids is 2. The number of carboxylic acid groups (broad SMARTS) is 2. The molecule has 8 heteroatoms. The van der Waals surface area contributed by atoms with Gasteiger partial charge in [-0.1, -0.05) is 24.3 Å². The normalized spacial score (nSPS) is 26.0. The summed E-state index contributed by atoms with van der Waals surface area (Å²) in [7, 11) is 0. The molecule has 0 aromatic heterocycles. The fourth-order valence-corrected chi connectivity index (χ4v) is 3.07. The molecule has 6 nitrogen and oxygen atoms in total. The molecule has 2 N–H and O–H groups in total. The molecular weight excluding hydrogens is 334 g/mol. The summed E-state index contributed by atoms with van der Waals surface area (Å²) in [5, 5.41) is 17.9. The van der Waals surface area contributed by atoms with E-state index in [0.29, 0.717) is 0 Å². The summed E-state index contributed by atoms with van der Waals surface area (Å²) >= 11 is 0. The zero-order valence-electron chi connectivity index (χ0n) is 13.8. The van der Waals surface area contributed by atoms with E-state index < -0.39 is 23.1 Å². The van der Waals surface area contributed by atoms with Crippen LogP contribution in [0.15, 0.2) is 36.4 Å². The van der Waals surface area contributed by atoms with Crippen LogP contribution in [0.2, 0.25) is 0 Å². The molecule has 1 aromatic rings. The molecule has 0 amide bonds. The van der Waals surface area contributed by atoms with Gasteiger partial charge in [-0.05, 0) is 36.1 Å². The third kappa shape index (κ3) is 3.97. The van der Waals surface area contributed by atoms with Crippen LogP contribution < -0.4 is 0 Å². The van der Waals surface area contributed by atoms with Crippen LogP contribution in [0.4, 0.5) is 0 Å². The first-order chi connectivity index (χ1) is 10.5. The van der Waals surface area contributed by atoms with E-state index >= 15 is 0 Å². The van der Waals surface area contributed by atoms with Crippen molar-refractivity contribution in [2.24, 2.45) is 0 Å². The monoisotopic (exact) mass is 350 g/mol. The molecule has 24 heavy (non-hydrogen) atoms. The van der Waals surface area contributed by atoms with E-state index in [-0.39, 0.29) is 84.8 Å². The van der Waals surface area contributed by atoms with Crippen LogP contribution in [0.1, 0.15) is 36.8 Å². The van der Waals surface area contributed by atoms with Gasteiger partial charge in [-0.25, -0.2) is 9.78 Å². The fraction of sp³-hybridized carbons (Fsp3) is 0.375. The van der Waals surface area contributed by atoms with Crippen LogP contribution in [0, 0.1) is 0 Å². The number of aliphatic carboxylic acids is 2. The second-order valence-electron chi connectivity index (χ2n) is 5.61. The molecule has 0 saturated heterocycles.